The van der Waals surface area contributed by atoms with E-state index in [4.69, 9.17) is 4.74 Å². The number of rotatable bonds is 3. The van der Waals surface area contributed by atoms with E-state index in [1.54, 1.807) is 6.92 Å². The van der Waals surface area contributed by atoms with Gasteiger partial charge in [0.1, 0.15) is 0 Å². The molecule has 0 aliphatic carbocycles. The van der Waals surface area contributed by atoms with Gasteiger partial charge in [0.15, 0.2) is 0 Å². The van der Waals surface area contributed by atoms with Gasteiger partial charge in [0.25, 0.3) is 0 Å². The largest absolute Gasteiger partial charge is 0.462 e. The molecule has 0 amide bonds. The molecule has 3 nitrogen and oxygen atoms in total. The second kappa shape index (κ2) is 5.95. The van der Waals surface area contributed by atoms with Crippen molar-refractivity contribution in [2.45, 2.75) is 13.1 Å². The number of aromatic nitrogens is 1. The summed E-state index contributed by atoms with van der Waals surface area (Å²) in [7, 11) is 0. The number of carbonyl (C=O) groups is 1. The lowest BCUT2D eigenvalue weighted by molar-refractivity contribution is -0.137. The Morgan fingerprint density at radius 3 is 2.67 bits per heavy atom. The van der Waals surface area contributed by atoms with Crippen molar-refractivity contribution >= 4 is 5.97 Å². The van der Waals surface area contributed by atoms with Gasteiger partial charge >= 0.3 is 12.1 Å². The molecule has 110 valence electrons. The fourth-order valence-corrected chi connectivity index (χ4v) is 1.85. The monoisotopic (exact) mass is 295 g/mol. The van der Waals surface area contributed by atoms with Gasteiger partial charge in [0.05, 0.1) is 23.4 Å². The SMILES string of the molecule is CCOC(=O)c1cccnc1-c1cccc(C(F)(F)F)c1. The van der Waals surface area contributed by atoms with Gasteiger partial charge in [-0.25, -0.2) is 4.79 Å². The van der Waals surface area contributed by atoms with Crippen LogP contribution in [-0.4, -0.2) is 17.6 Å². The molecular weight excluding hydrogens is 283 g/mol. The Kier molecular flexibility index (Phi) is 4.26. The molecule has 1 aromatic heterocycles. The molecule has 21 heavy (non-hydrogen) atoms. The van der Waals surface area contributed by atoms with Gasteiger partial charge in [0.2, 0.25) is 0 Å². The van der Waals surface area contributed by atoms with Crippen molar-refractivity contribution in [2.75, 3.05) is 6.61 Å². The molecule has 0 unspecified atom stereocenters. The zero-order chi connectivity index (χ0) is 15.5. The number of hydrogen-bond acceptors (Lipinski definition) is 3. The number of pyridine rings is 1. The average Bonchev–Trinajstić information content (AvgIpc) is 2.47. The minimum atomic E-state index is -4.45. The van der Waals surface area contributed by atoms with Crippen LogP contribution in [0.4, 0.5) is 13.2 Å². The molecule has 0 spiro atoms. The summed E-state index contributed by atoms with van der Waals surface area (Å²) >= 11 is 0. The van der Waals surface area contributed by atoms with Crippen LogP contribution in [0.3, 0.4) is 0 Å². The molecule has 0 bridgehead atoms. The van der Waals surface area contributed by atoms with Gasteiger partial charge in [-0.3, -0.25) is 4.98 Å². The van der Waals surface area contributed by atoms with E-state index in [1.807, 2.05) is 0 Å². The highest BCUT2D eigenvalue weighted by Gasteiger charge is 2.30. The Labute approximate surface area is 119 Å². The highest BCUT2D eigenvalue weighted by molar-refractivity contribution is 5.96. The fourth-order valence-electron chi connectivity index (χ4n) is 1.85. The van der Waals surface area contributed by atoms with E-state index >= 15 is 0 Å². The molecule has 0 saturated carbocycles. The summed E-state index contributed by atoms with van der Waals surface area (Å²) < 4.78 is 43.1. The number of alkyl halides is 3. The number of halogens is 3. The molecule has 0 aliphatic rings. The Bertz CT molecular complexity index is 653. The molecule has 0 radical (unpaired) electrons. The maximum Gasteiger partial charge on any atom is 0.416 e. The van der Waals surface area contributed by atoms with E-state index in [1.165, 1.54) is 30.5 Å². The van der Waals surface area contributed by atoms with E-state index in [2.05, 4.69) is 4.98 Å². The number of benzene rings is 1. The topological polar surface area (TPSA) is 39.2 Å². The number of esters is 1. The molecule has 1 aromatic carbocycles. The van der Waals surface area contributed by atoms with Crippen molar-refractivity contribution in [2.24, 2.45) is 0 Å². The van der Waals surface area contributed by atoms with Crippen molar-refractivity contribution in [3.8, 4) is 11.3 Å². The van der Waals surface area contributed by atoms with E-state index in [-0.39, 0.29) is 23.4 Å². The zero-order valence-electron chi connectivity index (χ0n) is 11.1. The third kappa shape index (κ3) is 3.39. The smallest absolute Gasteiger partial charge is 0.416 e. The maximum atomic E-state index is 12.8. The van der Waals surface area contributed by atoms with Gasteiger partial charge in [-0.1, -0.05) is 12.1 Å². The minimum absolute atomic E-state index is 0.138. The van der Waals surface area contributed by atoms with Crippen LogP contribution in [0.1, 0.15) is 22.8 Å². The normalized spacial score (nSPS) is 11.2. The van der Waals surface area contributed by atoms with E-state index < -0.39 is 17.7 Å². The number of nitrogens with zero attached hydrogens (tertiary/aromatic N) is 1. The van der Waals surface area contributed by atoms with Crippen molar-refractivity contribution in [1.29, 1.82) is 0 Å². The second-order valence-electron chi connectivity index (χ2n) is 4.20. The average molecular weight is 295 g/mol. The summed E-state index contributed by atoms with van der Waals surface area (Å²) in [5.41, 5.74) is -0.269. The van der Waals surface area contributed by atoms with Gasteiger partial charge < -0.3 is 4.74 Å². The van der Waals surface area contributed by atoms with Crippen molar-refractivity contribution < 1.29 is 22.7 Å². The van der Waals surface area contributed by atoms with E-state index in [9.17, 15) is 18.0 Å². The van der Waals surface area contributed by atoms with Crippen LogP contribution in [0.15, 0.2) is 42.6 Å². The van der Waals surface area contributed by atoms with Crippen LogP contribution in [0.2, 0.25) is 0 Å². The fraction of sp³-hybridized carbons (Fsp3) is 0.200. The maximum absolute atomic E-state index is 12.8. The number of carbonyl (C=O) groups excluding carboxylic acids is 1. The summed E-state index contributed by atoms with van der Waals surface area (Å²) in [6, 6.07) is 7.69. The summed E-state index contributed by atoms with van der Waals surface area (Å²) in [5, 5.41) is 0. The zero-order valence-corrected chi connectivity index (χ0v) is 11.1. The lowest BCUT2D eigenvalue weighted by Gasteiger charge is -2.11. The molecule has 2 aromatic rings. The molecular formula is C15H12F3NO2. The van der Waals surface area contributed by atoms with Gasteiger partial charge in [-0.15, -0.1) is 0 Å². The highest BCUT2D eigenvalue weighted by atomic mass is 19.4. The van der Waals surface area contributed by atoms with Crippen molar-refractivity contribution in [3.05, 3.63) is 53.7 Å². The summed E-state index contributed by atoms with van der Waals surface area (Å²) in [6.07, 6.45) is -3.03. The van der Waals surface area contributed by atoms with Crippen LogP contribution in [0.25, 0.3) is 11.3 Å². The van der Waals surface area contributed by atoms with E-state index in [0.29, 0.717) is 0 Å². The number of hydrogen-bond donors (Lipinski definition) is 0. The molecule has 0 aliphatic heterocycles. The van der Waals surface area contributed by atoms with Gasteiger partial charge in [-0.2, -0.15) is 13.2 Å². The standard InChI is InChI=1S/C15H12F3NO2/c1-2-21-14(20)12-7-4-8-19-13(12)10-5-3-6-11(9-10)15(16,17)18/h3-9H,2H2,1H3. The summed E-state index contributed by atoms with van der Waals surface area (Å²) in [6.45, 7) is 1.83. The molecule has 2 rings (SSSR count). The molecule has 0 fully saturated rings. The number of ether oxygens (including phenoxy) is 1. The minimum Gasteiger partial charge on any atom is -0.462 e. The third-order valence-electron chi connectivity index (χ3n) is 2.77. The van der Waals surface area contributed by atoms with Crippen molar-refractivity contribution in [1.82, 2.24) is 4.98 Å². The van der Waals surface area contributed by atoms with Crippen LogP contribution in [0.5, 0.6) is 0 Å². The third-order valence-corrected chi connectivity index (χ3v) is 2.77. The second-order valence-corrected chi connectivity index (χ2v) is 4.20. The first-order chi connectivity index (χ1) is 9.93. The van der Waals surface area contributed by atoms with Crippen molar-refractivity contribution in [3.63, 3.8) is 0 Å². The first-order valence-electron chi connectivity index (χ1n) is 6.23. The Hall–Kier alpha value is -2.37. The Morgan fingerprint density at radius 2 is 2.00 bits per heavy atom. The Balaban J connectivity index is 2.50. The first kappa shape index (κ1) is 15.0. The molecule has 0 N–H and O–H groups in total. The molecule has 0 atom stereocenters. The lowest BCUT2D eigenvalue weighted by atomic mass is 10.0. The van der Waals surface area contributed by atoms with E-state index in [0.717, 1.165) is 12.1 Å². The highest BCUT2D eigenvalue weighted by Crippen LogP contribution is 2.32. The Morgan fingerprint density at radius 1 is 1.24 bits per heavy atom. The predicted octanol–water partition coefficient (Wildman–Crippen LogP) is 3.94. The summed E-state index contributed by atoms with van der Waals surface area (Å²) in [4.78, 5) is 15.8. The van der Waals surface area contributed by atoms with Gasteiger partial charge in [-0.05, 0) is 31.2 Å². The molecule has 1 heterocycles. The van der Waals surface area contributed by atoms with Crippen LogP contribution >= 0.6 is 0 Å². The quantitative estimate of drug-likeness (QED) is 0.805. The van der Waals surface area contributed by atoms with Gasteiger partial charge in [0, 0.05) is 11.8 Å². The molecule has 0 saturated heterocycles. The van der Waals surface area contributed by atoms with Crippen LogP contribution in [-0.2, 0) is 10.9 Å². The van der Waals surface area contributed by atoms with Crippen LogP contribution in [0, 0.1) is 0 Å². The van der Waals surface area contributed by atoms with Crippen LogP contribution < -0.4 is 0 Å². The first-order valence-corrected chi connectivity index (χ1v) is 6.23. The summed E-state index contributed by atoms with van der Waals surface area (Å²) in [5.74, 6) is -0.613. The lowest BCUT2D eigenvalue weighted by Crippen LogP contribution is -2.08. The molecule has 6 heteroatoms. The predicted molar refractivity (Wildman–Crippen MR) is 70.6 cm³/mol.